The van der Waals surface area contributed by atoms with Crippen LogP contribution in [0.2, 0.25) is 0 Å². The maximum absolute atomic E-state index is 10.4. The molecule has 0 saturated heterocycles. The van der Waals surface area contributed by atoms with Crippen molar-refractivity contribution in [1.29, 1.82) is 5.41 Å². The van der Waals surface area contributed by atoms with Gasteiger partial charge in [-0.1, -0.05) is 13.3 Å². The number of nitrogens with one attached hydrogen (secondary N) is 1. The lowest BCUT2D eigenvalue weighted by atomic mass is 10.2. The summed E-state index contributed by atoms with van der Waals surface area (Å²) in [4.78, 5) is 0. The van der Waals surface area contributed by atoms with E-state index in [-0.39, 0.29) is 5.90 Å². The number of rotatable bonds is 4. The van der Waals surface area contributed by atoms with Gasteiger partial charge in [-0.15, -0.1) is 0 Å². The lowest BCUT2D eigenvalue weighted by Crippen LogP contribution is -2.09. The van der Waals surface area contributed by atoms with E-state index in [0.717, 1.165) is 19.1 Å². The van der Waals surface area contributed by atoms with Gasteiger partial charge in [0, 0.05) is 6.42 Å². The minimum absolute atomic E-state index is 0.172. The van der Waals surface area contributed by atoms with Crippen LogP contribution < -0.4 is 0 Å². The summed E-state index contributed by atoms with van der Waals surface area (Å²) in [5.74, 6) is -0.172. The first-order valence-electron chi connectivity index (χ1n) is 3.42. The maximum atomic E-state index is 10.4. The standard InChI is InChI=1S/C6H13NO3S/c1-3-4-5-6(7)10-11(2,8)9/h7H,3-5H2,1-2H3. The predicted molar refractivity (Wildman–Crippen MR) is 43.2 cm³/mol. The SMILES string of the molecule is CCCCC(=N)OS(C)(=O)=O. The molecule has 0 heterocycles. The minimum Gasteiger partial charge on any atom is -0.367 e. The molecule has 4 nitrogen and oxygen atoms in total. The zero-order valence-electron chi connectivity index (χ0n) is 6.75. The van der Waals surface area contributed by atoms with Gasteiger partial charge in [-0.25, -0.2) is 0 Å². The molecule has 0 unspecified atom stereocenters. The molecule has 0 amide bonds. The summed E-state index contributed by atoms with van der Waals surface area (Å²) in [5.41, 5.74) is 0. The van der Waals surface area contributed by atoms with Crippen LogP contribution in [0, 0.1) is 5.41 Å². The van der Waals surface area contributed by atoms with Crippen molar-refractivity contribution in [1.82, 2.24) is 0 Å². The smallest absolute Gasteiger partial charge is 0.307 e. The Kier molecular flexibility index (Phi) is 4.10. The maximum Gasteiger partial charge on any atom is 0.307 e. The van der Waals surface area contributed by atoms with Crippen molar-refractivity contribution in [2.24, 2.45) is 0 Å². The molecule has 0 aromatic rings. The van der Waals surface area contributed by atoms with Crippen LogP contribution in [0.15, 0.2) is 0 Å². The van der Waals surface area contributed by atoms with Crippen molar-refractivity contribution < 1.29 is 12.6 Å². The first-order chi connectivity index (χ1) is 4.95. The van der Waals surface area contributed by atoms with E-state index < -0.39 is 10.1 Å². The number of hydrogen-bond donors (Lipinski definition) is 1. The van der Waals surface area contributed by atoms with E-state index in [1.165, 1.54) is 0 Å². The molecule has 0 spiro atoms. The molecule has 66 valence electrons. The molecule has 1 N–H and O–H groups in total. The van der Waals surface area contributed by atoms with Gasteiger partial charge in [0.25, 0.3) is 0 Å². The Labute approximate surface area is 67.2 Å². The van der Waals surface area contributed by atoms with Crippen LogP contribution in [0.1, 0.15) is 26.2 Å². The van der Waals surface area contributed by atoms with Crippen molar-refractivity contribution in [2.45, 2.75) is 26.2 Å². The fourth-order valence-corrected chi connectivity index (χ4v) is 1.01. The van der Waals surface area contributed by atoms with Gasteiger partial charge in [-0.2, -0.15) is 8.42 Å². The molecule has 0 aliphatic rings. The third-order valence-electron chi connectivity index (χ3n) is 1.01. The molecule has 0 aliphatic carbocycles. The second-order valence-corrected chi connectivity index (χ2v) is 3.89. The Morgan fingerprint density at radius 3 is 2.45 bits per heavy atom. The zero-order chi connectivity index (χ0) is 8.91. The summed E-state index contributed by atoms with van der Waals surface area (Å²) < 4.78 is 25.2. The lowest BCUT2D eigenvalue weighted by Gasteiger charge is -2.01. The Bertz CT molecular complexity index is 220. The van der Waals surface area contributed by atoms with Gasteiger partial charge in [0.1, 0.15) is 0 Å². The van der Waals surface area contributed by atoms with Crippen molar-refractivity contribution in [3.05, 3.63) is 0 Å². The van der Waals surface area contributed by atoms with E-state index in [1.54, 1.807) is 0 Å². The van der Waals surface area contributed by atoms with Crippen molar-refractivity contribution >= 4 is 16.0 Å². The molecular weight excluding hydrogens is 166 g/mol. The summed E-state index contributed by atoms with van der Waals surface area (Å²) in [6.07, 6.45) is 3.04. The van der Waals surface area contributed by atoms with Crippen molar-refractivity contribution in [3.8, 4) is 0 Å². The Hall–Kier alpha value is -0.580. The molecule has 0 aromatic heterocycles. The molecule has 0 aliphatic heterocycles. The molecule has 0 atom stereocenters. The molecule has 0 fully saturated rings. The number of hydrogen-bond acceptors (Lipinski definition) is 4. The van der Waals surface area contributed by atoms with Crippen LogP contribution in [0.5, 0.6) is 0 Å². The van der Waals surface area contributed by atoms with Crippen LogP contribution >= 0.6 is 0 Å². The van der Waals surface area contributed by atoms with E-state index in [9.17, 15) is 8.42 Å². The fourth-order valence-electron chi connectivity index (χ4n) is 0.562. The summed E-state index contributed by atoms with van der Waals surface area (Å²) in [7, 11) is -3.48. The van der Waals surface area contributed by atoms with Gasteiger partial charge in [0.05, 0.1) is 6.26 Å². The van der Waals surface area contributed by atoms with Crippen molar-refractivity contribution in [2.75, 3.05) is 6.26 Å². The molecule has 0 saturated carbocycles. The van der Waals surface area contributed by atoms with Gasteiger partial charge < -0.3 is 4.18 Å². The van der Waals surface area contributed by atoms with E-state index >= 15 is 0 Å². The quantitative estimate of drug-likeness (QED) is 0.399. The highest BCUT2D eigenvalue weighted by Crippen LogP contribution is 1.99. The van der Waals surface area contributed by atoms with Gasteiger partial charge in [0.15, 0.2) is 0 Å². The summed E-state index contributed by atoms with van der Waals surface area (Å²) in [6.45, 7) is 1.97. The first-order valence-corrected chi connectivity index (χ1v) is 5.24. The zero-order valence-corrected chi connectivity index (χ0v) is 7.57. The lowest BCUT2D eigenvalue weighted by molar-refractivity contribution is 0.475. The minimum atomic E-state index is -3.48. The molecule has 11 heavy (non-hydrogen) atoms. The normalized spacial score (nSPS) is 11.1. The Morgan fingerprint density at radius 1 is 1.55 bits per heavy atom. The largest absolute Gasteiger partial charge is 0.367 e. The predicted octanol–water partition coefficient (Wildman–Crippen LogP) is 1.13. The van der Waals surface area contributed by atoms with Crippen LogP contribution in [-0.2, 0) is 14.3 Å². The molecule has 0 rings (SSSR count). The second-order valence-electron chi connectivity index (χ2n) is 2.31. The van der Waals surface area contributed by atoms with Gasteiger partial charge >= 0.3 is 10.1 Å². The molecule has 0 radical (unpaired) electrons. The average molecular weight is 179 g/mol. The van der Waals surface area contributed by atoms with E-state index in [1.807, 2.05) is 6.92 Å². The highest BCUT2D eigenvalue weighted by atomic mass is 32.2. The molecule has 0 aromatic carbocycles. The van der Waals surface area contributed by atoms with Gasteiger partial charge in [0.2, 0.25) is 5.90 Å². The highest BCUT2D eigenvalue weighted by Gasteiger charge is 2.05. The third kappa shape index (κ3) is 7.32. The number of unbranched alkanes of at least 4 members (excludes halogenated alkanes) is 1. The topological polar surface area (TPSA) is 67.2 Å². The van der Waals surface area contributed by atoms with E-state index in [2.05, 4.69) is 4.18 Å². The Morgan fingerprint density at radius 2 is 2.09 bits per heavy atom. The molecule has 0 bridgehead atoms. The first kappa shape index (κ1) is 10.4. The van der Waals surface area contributed by atoms with Gasteiger partial charge in [-0.3, -0.25) is 5.41 Å². The summed E-state index contributed by atoms with van der Waals surface area (Å²) in [6, 6.07) is 0. The molecule has 5 heteroatoms. The third-order valence-corrected chi connectivity index (χ3v) is 1.51. The second kappa shape index (κ2) is 4.33. The average Bonchev–Trinajstić information content (AvgIpc) is 1.79. The molecular formula is C6H13NO3S. The Balaban J connectivity index is 3.71. The summed E-state index contributed by atoms with van der Waals surface area (Å²) in [5, 5.41) is 7.05. The van der Waals surface area contributed by atoms with E-state index in [4.69, 9.17) is 5.41 Å². The highest BCUT2D eigenvalue weighted by molar-refractivity contribution is 7.86. The fraction of sp³-hybridized carbons (Fsp3) is 0.833. The van der Waals surface area contributed by atoms with Crippen LogP contribution in [0.25, 0.3) is 0 Å². The van der Waals surface area contributed by atoms with E-state index in [0.29, 0.717) is 6.42 Å². The summed E-state index contributed by atoms with van der Waals surface area (Å²) >= 11 is 0. The van der Waals surface area contributed by atoms with Crippen LogP contribution in [0.3, 0.4) is 0 Å². The van der Waals surface area contributed by atoms with Crippen LogP contribution in [-0.4, -0.2) is 20.6 Å². The van der Waals surface area contributed by atoms with Crippen LogP contribution in [0.4, 0.5) is 0 Å². The monoisotopic (exact) mass is 179 g/mol. The van der Waals surface area contributed by atoms with Crippen molar-refractivity contribution in [3.63, 3.8) is 0 Å². The van der Waals surface area contributed by atoms with Gasteiger partial charge in [-0.05, 0) is 6.42 Å².